The molecule has 0 spiro atoms. The molecule has 1 aliphatic rings. The topological polar surface area (TPSA) is 35.8 Å². The van der Waals surface area contributed by atoms with Gasteiger partial charge in [-0.25, -0.2) is 0 Å². The summed E-state index contributed by atoms with van der Waals surface area (Å²) in [4.78, 5) is 0. The number of rotatable bonds is 3. The molecule has 1 saturated carbocycles. The number of halogens is 2. The third-order valence-corrected chi connectivity index (χ3v) is 4.93. The molecule has 0 saturated heterocycles. The van der Waals surface area contributed by atoms with Gasteiger partial charge < -0.3 is 5.32 Å². The van der Waals surface area contributed by atoms with E-state index < -0.39 is 5.54 Å². The molecule has 2 rings (SSSR count). The van der Waals surface area contributed by atoms with Crippen LogP contribution in [0.25, 0.3) is 0 Å². The van der Waals surface area contributed by atoms with Crippen LogP contribution in [-0.4, -0.2) is 5.54 Å². The van der Waals surface area contributed by atoms with Crippen molar-refractivity contribution in [2.75, 3.05) is 5.32 Å². The average molecular weight is 328 g/mol. The second kappa shape index (κ2) is 5.50. The minimum absolute atomic E-state index is 0.409. The van der Waals surface area contributed by atoms with E-state index in [0.717, 1.165) is 35.8 Å². The second-order valence-corrected chi connectivity index (χ2v) is 6.23. The number of hydrogen-bond donors (Lipinski definition) is 1. The van der Waals surface area contributed by atoms with Crippen molar-refractivity contribution in [3.05, 3.63) is 27.7 Å². The zero-order valence-electron chi connectivity index (χ0n) is 10.3. The monoisotopic (exact) mass is 326 g/mol. The van der Waals surface area contributed by atoms with E-state index in [1.54, 1.807) is 0 Å². The smallest absolute Gasteiger partial charge is 0.125 e. The molecule has 4 heteroatoms. The van der Waals surface area contributed by atoms with Crippen molar-refractivity contribution in [2.45, 2.75) is 38.1 Å². The zero-order valence-corrected chi connectivity index (χ0v) is 12.7. The van der Waals surface area contributed by atoms with Crippen LogP contribution in [0.2, 0.25) is 5.02 Å². The van der Waals surface area contributed by atoms with Crippen LogP contribution in [-0.2, 0) is 0 Å². The summed E-state index contributed by atoms with van der Waals surface area (Å²) in [6.07, 6.45) is 4.13. The highest BCUT2D eigenvalue weighted by Gasteiger charge is 2.38. The highest BCUT2D eigenvalue weighted by Crippen LogP contribution is 2.39. The summed E-state index contributed by atoms with van der Waals surface area (Å²) in [5.74, 6) is 0.660. The molecule has 1 aliphatic carbocycles. The maximum absolute atomic E-state index is 9.46. The number of nitriles is 1. The molecule has 1 N–H and O–H groups in total. The Kier molecular flexibility index (Phi) is 4.19. The largest absolute Gasteiger partial charge is 0.367 e. The van der Waals surface area contributed by atoms with E-state index in [0.29, 0.717) is 10.9 Å². The van der Waals surface area contributed by atoms with Gasteiger partial charge in [-0.2, -0.15) is 5.26 Å². The molecule has 0 aliphatic heterocycles. The first kappa shape index (κ1) is 13.7. The zero-order chi connectivity index (χ0) is 13.2. The van der Waals surface area contributed by atoms with Gasteiger partial charge in [-0.15, -0.1) is 0 Å². The van der Waals surface area contributed by atoms with Crippen molar-refractivity contribution >= 4 is 33.2 Å². The fraction of sp³-hybridized carbons (Fsp3) is 0.500. The van der Waals surface area contributed by atoms with E-state index in [4.69, 9.17) is 11.6 Å². The number of nitrogens with zero attached hydrogens (tertiary/aromatic N) is 1. The molecule has 96 valence electrons. The van der Waals surface area contributed by atoms with E-state index in [2.05, 4.69) is 34.2 Å². The third kappa shape index (κ3) is 2.81. The van der Waals surface area contributed by atoms with E-state index in [1.165, 1.54) is 0 Å². The molecule has 2 unspecified atom stereocenters. The Morgan fingerprint density at radius 2 is 2.39 bits per heavy atom. The van der Waals surface area contributed by atoms with Gasteiger partial charge in [0.05, 0.1) is 11.1 Å². The number of nitrogens with one attached hydrogen (secondary N) is 1. The summed E-state index contributed by atoms with van der Waals surface area (Å²) >= 11 is 9.38. The van der Waals surface area contributed by atoms with Crippen LogP contribution in [0.15, 0.2) is 22.7 Å². The van der Waals surface area contributed by atoms with E-state index >= 15 is 0 Å². The van der Waals surface area contributed by atoms with Gasteiger partial charge in [0, 0.05) is 10.2 Å². The summed E-state index contributed by atoms with van der Waals surface area (Å²) < 4.78 is 0.854. The van der Waals surface area contributed by atoms with Crippen molar-refractivity contribution < 1.29 is 0 Å². The van der Waals surface area contributed by atoms with Crippen LogP contribution in [0.1, 0.15) is 32.6 Å². The predicted molar refractivity (Wildman–Crippen MR) is 78.8 cm³/mol. The summed E-state index contributed by atoms with van der Waals surface area (Å²) in [7, 11) is 0. The summed E-state index contributed by atoms with van der Waals surface area (Å²) in [6.45, 7) is 2.19. The van der Waals surface area contributed by atoms with Gasteiger partial charge in [-0.05, 0) is 59.3 Å². The molecular weight excluding hydrogens is 312 g/mol. The lowest BCUT2D eigenvalue weighted by atomic mass is 9.96. The highest BCUT2D eigenvalue weighted by molar-refractivity contribution is 9.10. The molecule has 0 aromatic heterocycles. The van der Waals surface area contributed by atoms with Crippen molar-refractivity contribution in [1.82, 2.24) is 0 Å². The standard InChI is InChI=1S/C14H16BrClN2/c1-2-10-5-6-14(8-10,9-17)18-11-3-4-13(16)12(15)7-11/h3-4,7,10,18H,2,5-6,8H2,1H3. The summed E-state index contributed by atoms with van der Waals surface area (Å²) in [5, 5.41) is 13.5. The Balaban J connectivity index is 2.16. The van der Waals surface area contributed by atoms with Crippen LogP contribution in [0, 0.1) is 17.2 Å². The molecule has 0 radical (unpaired) electrons. The van der Waals surface area contributed by atoms with Crippen LogP contribution >= 0.6 is 27.5 Å². The van der Waals surface area contributed by atoms with Gasteiger partial charge in [-0.1, -0.05) is 24.9 Å². The lowest BCUT2D eigenvalue weighted by Crippen LogP contribution is -2.33. The minimum Gasteiger partial charge on any atom is -0.367 e. The lowest BCUT2D eigenvalue weighted by molar-refractivity contribution is 0.503. The summed E-state index contributed by atoms with van der Waals surface area (Å²) in [6, 6.07) is 8.16. The number of anilines is 1. The molecule has 1 aromatic carbocycles. The highest BCUT2D eigenvalue weighted by atomic mass is 79.9. The van der Waals surface area contributed by atoms with Crippen molar-refractivity contribution in [2.24, 2.45) is 5.92 Å². The molecule has 0 bridgehead atoms. The molecule has 2 atom stereocenters. The Morgan fingerprint density at radius 1 is 1.61 bits per heavy atom. The van der Waals surface area contributed by atoms with Gasteiger partial charge in [0.2, 0.25) is 0 Å². The first-order chi connectivity index (χ1) is 8.58. The Morgan fingerprint density at radius 3 is 2.94 bits per heavy atom. The first-order valence-electron chi connectivity index (χ1n) is 6.23. The average Bonchev–Trinajstić information content (AvgIpc) is 2.78. The van der Waals surface area contributed by atoms with E-state index in [9.17, 15) is 5.26 Å². The molecule has 18 heavy (non-hydrogen) atoms. The van der Waals surface area contributed by atoms with E-state index in [1.807, 2.05) is 18.2 Å². The summed E-state index contributed by atoms with van der Waals surface area (Å²) in [5.41, 5.74) is 0.540. The number of benzene rings is 1. The maximum Gasteiger partial charge on any atom is 0.125 e. The molecule has 0 heterocycles. The van der Waals surface area contributed by atoms with Gasteiger partial charge in [0.15, 0.2) is 0 Å². The Hall–Kier alpha value is -0.720. The normalized spacial score (nSPS) is 26.9. The van der Waals surface area contributed by atoms with Crippen molar-refractivity contribution in [1.29, 1.82) is 5.26 Å². The minimum atomic E-state index is -0.409. The molecule has 1 fully saturated rings. The number of hydrogen-bond acceptors (Lipinski definition) is 2. The molecule has 0 amide bonds. The first-order valence-corrected chi connectivity index (χ1v) is 7.40. The van der Waals surface area contributed by atoms with E-state index in [-0.39, 0.29) is 0 Å². The van der Waals surface area contributed by atoms with Crippen molar-refractivity contribution in [3.8, 4) is 6.07 Å². The van der Waals surface area contributed by atoms with Gasteiger partial charge in [0.25, 0.3) is 0 Å². The molecule has 1 aromatic rings. The SMILES string of the molecule is CCC1CCC(C#N)(Nc2ccc(Cl)c(Br)c2)C1. The van der Waals surface area contributed by atoms with Gasteiger partial charge in [0.1, 0.15) is 5.54 Å². The predicted octanol–water partition coefficient (Wildman–Crippen LogP) is 4.99. The van der Waals surface area contributed by atoms with Crippen LogP contribution in [0.3, 0.4) is 0 Å². The van der Waals surface area contributed by atoms with Gasteiger partial charge in [-0.3, -0.25) is 0 Å². The molecular formula is C14H16BrClN2. The van der Waals surface area contributed by atoms with Crippen LogP contribution in [0.5, 0.6) is 0 Å². The quantitative estimate of drug-likeness (QED) is 0.849. The third-order valence-electron chi connectivity index (χ3n) is 3.71. The molecule has 2 nitrogen and oxygen atoms in total. The van der Waals surface area contributed by atoms with Crippen molar-refractivity contribution in [3.63, 3.8) is 0 Å². The Labute approximate surface area is 121 Å². The lowest BCUT2D eigenvalue weighted by Gasteiger charge is -2.24. The fourth-order valence-electron chi connectivity index (χ4n) is 2.59. The maximum atomic E-state index is 9.46. The fourth-order valence-corrected chi connectivity index (χ4v) is 3.09. The van der Waals surface area contributed by atoms with Crippen LogP contribution in [0.4, 0.5) is 5.69 Å². The van der Waals surface area contributed by atoms with Crippen LogP contribution < -0.4 is 5.32 Å². The second-order valence-electron chi connectivity index (χ2n) is 4.96. The van der Waals surface area contributed by atoms with Gasteiger partial charge >= 0.3 is 0 Å². The Bertz CT molecular complexity index is 483.